The van der Waals surface area contributed by atoms with Crippen LogP contribution in [0.3, 0.4) is 0 Å². The summed E-state index contributed by atoms with van der Waals surface area (Å²) in [5, 5.41) is 45.8. The van der Waals surface area contributed by atoms with Crippen molar-refractivity contribution in [2.45, 2.75) is 139 Å². The number of hydrogen-bond acceptors (Lipinski definition) is 20. The fourth-order valence-corrected chi connectivity index (χ4v) is 12.9. The summed E-state index contributed by atoms with van der Waals surface area (Å²) in [6.45, 7) is 37.4. The van der Waals surface area contributed by atoms with Gasteiger partial charge in [0.25, 0.3) is 5.95 Å². The summed E-state index contributed by atoms with van der Waals surface area (Å²) in [6.07, 6.45) is 11.9. The Hall–Kier alpha value is -7.97. The average Bonchev–Trinajstić information content (AvgIpc) is 1.23. The van der Waals surface area contributed by atoms with Crippen LogP contribution in [-0.4, -0.2) is 113 Å². The number of urea groups is 1. The summed E-state index contributed by atoms with van der Waals surface area (Å²) in [6, 6.07) is 33.7. The fourth-order valence-electron chi connectivity index (χ4n) is 10.7. The van der Waals surface area contributed by atoms with Crippen LogP contribution in [0.1, 0.15) is 119 Å². The van der Waals surface area contributed by atoms with Crippen LogP contribution in [0.5, 0.6) is 5.75 Å². The Kier molecular flexibility index (Phi) is 35.6. The fraction of sp³-hybridized carbons (Fsp3) is 0.400. The summed E-state index contributed by atoms with van der Waals surface area (Å²) in [5.41, 5.74) is 20.1. The molecule has 0 spiro atoms. The number of nitrogens with two attached hydrogens (primary N) is 2. The molecule has 24 nitrogen and oxygen atoms in total. The quantitative estimate of drug-likeness (QED) is 0.0280. The molecule has 0 radical (unpaired) electrons. The number of carbonyl (C=O) groups is 3. The third-order valence-corrected chi connectivity index (χ3v) is 22.7. The number of allylic oxidation sites excluding steroid dienone is 1. The summed E-state index contributed by atoms with van der Waals surface area (Å²) >= 11 is 1.07. The number of thiazole rings is 3. The number of esters is 1. The van der Waals surface area contributed by atoms with Crippen molar-refractivity contribution in [3.63, 3.8) is 0 Å². The van der Waals surface area contributed by atoms with Crippen molar-refractivity contribution in [2.75, 3.05) is 43.7 Å². The van der Waals surface area contributed by atoms with E-state index >= 15 is 0 Å². The molecule has 7 aromatic heterocycles. The van der Waals surface area contributed by atoms with Gasteiger partial charge < -0.3 is 40.5 Å². The average molecular weight is 1740 g/mol. The zero-order valence-corrected chi connectivity index (χ0v) is 76.9. The number of nitrogens with zero attached hydrogens (tertiary/aromatic N) is 11. The number of hydrogen-bond donors (Lipinski definition) is 6. The van der Waals surface area contributed by atoms with E-state index in [1.165, 1.54) is 63.1 Å². The van der Waals surface area contributed by atoms with Gasteiger partial charge in [0.05, 0.1) is 73.1 Å². The first-order chi connectivity index (χ1) is 52.6. The second-order valence-corrected chi connectivity index (χ2v) is 53.3. The van der Waals surface area contributed by atoms with E-state index in [1.807, 2.05) is 134 Å². The van der Waals surface area contributed by atoms with E-state index in [-0.39, 0.29) is 45.7 Å². The second kappa shape index (κ2) is 42.1. The number of nitrogen functional groups attached to an aromatic ring is 1. The van der Waals surface area contributed by atoms with Crippen LogP contribution < -0.4 is 32.2 Å². The molecule has 612 valence electrons. The first-order valence-electron chi connectivity index (χ1n) is 35.9. The number of anilines is 3. The molecule has 113 heavy (non-hydrogen) atoms. The molecule has 0 fully saturated rings. The maximum atomic E-state index is 12.1. The molecular formula is C80H110Cl4N16O8S3SiTi. The summed E-state index contributed by atoms with van der Waals surface area (Å²) in [4.78, 5) is 47.2. The van der Waals surface area contributed by atoms with Crippen LogP contribution in [0.4, 0.5) is 25.0 Å². The molecule has 0 aliphatic heterocycles. The molecule has 0 atom stereocenters. The molecule has 0 saturated heterocycles. The third kappa shape index (κ3) is 28.2. The Morgan fingerprint density at radius 2 is 0.947 bits per heavy atom. The number of fused-ring (bicyclic) bond motifs is 4. The molecule has 0 aliphatic rings. The number of nitrogens with one attached hydrogen (secondary N) is 3. The Morgan fingerprint density at radius 1 is 0.549 bits per heavy atom. The Morgan fingerprint density at radius 3 is 1.29 bits per heavy atom. The number of methoxy groups -OCH3 is 2. The summed E-state index contributed by atoms with van der Waals surface area (Å²) < 4.78 is 28.1. The number of aliphatic hydroxyl groups is 1. The first-order valence-corrected chi connectivity index (χ1v) is 50.5. The van der Waals surface area contributed by atoms with E-state index < -0.39 is 32.2 Å². The molecule has 3 amide bonds. The van der Waals surface area contributed by atoms with Gasteiger partial charge in [-0.3, -0.25) is 34.2 Å². The van der Waals surface area contributed by atoms with E-state index in [4.69, 9.17) is 72.4 Å². The van der Waals surface area contributed by atoms with Gasteiger partial charge >= 0.3 is 67.7 Å². The number of rotatable bonds is 17. The van der Waals surface area contributed by atoms with Crippen molar-refractivity contribution in [3.05, 3.63) is 196 Å². The minimum atomic E-state index is -3.11. The van der Waals surface area contributed by atoms with Crippen molar-refractivity contribution in [3.8, 4) is 5.75 Å². The van der Waals surface area contributed by atoms with Crippen molar-refractivity contribution in [1.82, 2.24) is 59.4 Å². The molecule has 0 unspecified atom stereocenters. The van der Waals surface area contributed by atoms with Gasteiger partial charge in [-0.1, -0.05) is 112 Å². The number of aryl methyl sites for hydroxylation is 4. The molecule has 5 aromatic carbocycles. The summed E-state index contributed by atoms with van der Waals surface area (Å²) in [5.74, 6) is 0.990. The molecular weight excluding hydrogens is 1630 g/mol. The van der Waals surface area contributed by atoms with Crippen molar-refractivity contribution < 1.29 is 50.5 Å². The van der Waals surface area contributed by atoms with Crippen LogP contribution in [0, 0.1) is 16.2 Å². The van der Waals surface area contributed by atoms with Crippen molar-refractivity contribution in [2.24, 2.45) is 50.2 Å². The maximum absolute atomic E-state index is 12.1. The van der Waals surface area contributed by atoms with Gasteiger partial charge in [-0.15, -0.1) is 34.0 Å². The van der Waals surface area contributed by atoms with Gasteiger partial charge in [0, 0.05) is 102 Å². The van der Waals surface area contributed by atoms with Crippen LogP contribution in [0.25, 0.3) is 43.6 Å². The SMILES string of the molecule is COC(=O)C(C)(C)C(C)(C)c1ccc2c(cnn2C)c1.COC(O[Si](C)(C)C)=C(C)C.Cn1ncc2cc(C(C)(C)C(C)(C)CN)ccc21.Cn1ncc2cc(C(C)(C)C(C)(C)CNC(=O)Nc3nccs3)ccc21.Cn1ncc2cc(CO)ccc21.Nc1nccs1.O=C(Nc1nccs1)Oc1ccccc1.[Cl][Ti]([Cl])([Cl])[Cl]. The molecule has 0 bridgehead atoms. The topological polar surface area (TPSA) is 306 Å². The number of amides is 3. The molecule has 12 rings (SSSR count). The van der Waals surface area contributed by atoms with Gasteiger partial charge in [-0.25, -0.2) is 24.5 Å². The number of carbonyl (C=O) groups excluding carboxylic acids is 3. The predicted octanol–water partition coefficient (Wildman–Crippen LogP) is 20.1. The molecule has 33 heteroatoms. The number of halogens is 4. The van der Waals surface area contributed by atoms with Crippen LogP contribution >= 0.6 is 71.2 Å². The van der Waals surface area contributed by atoms with E-state index in [2.05, 4.69) is 189 Å². The number of ether oxygens (including phenoxy) is 3. The normalized spacial score (nSPS) is 11.7. The van der Waals surface area contributed by atoms with E-state index in [9.17, 15) is 14.4 Å². The third-order valence-electron chi connectivity index (χ3n) is 19.9. The number of aliphatic hydroxyl groups excluding tert-OH is 1. The van der Waals surface area contributed by atoms with E-state index in [0.29, 0.717) is 40.2 Å². The molecule has 12 aromatic rings. The van der Waals surface area contributed by atoms with Gasteiger partial charge in [-0.05, 0) is 158 Å². The Balaban J connectivity index is 0.000000240. The Bertz CT molecular complexity index is 4990. The summed E-state index contributed by atoms with van der Waals surface area (Å²) in [7, 11) is 29.4. The molecule has 7 heterocycles. The van der Waals surface area contributed by atoms with Gasteiger partial charge in [-0.2, -0.15) is 20.4 Å². The Labute approximate surface area is 696 Å². The van der Waals surface area contributed by atoms with Crippen LogP contribution in [0.2, 0.25) is 19.6 Å². The van der Waals surface area contributed by atoms with E-state index in [0.717, 1.165) is 49.4 Å². The second-order valence-electron chi connectivity index (χ2n) is 30.7. The van der Waals surface area contributed by atoms with E-state index in [1.54, 1.807) is 61.5 Å². The zero-order chi connectivity index (χ0) is 84.7. The first kappa shape index (κ1) is 95.6. The molecule has 8 N–H and O–H groups in total. The van der Waals surface area contributed by atoms with Gasteiger partial charge in [0.1, 0.15) is 5.75 Å². The monoisotopic (exact) mass is 1730 g/mol. The number of aromatic nitrogens is 11. The van der Waals surface area contributed by atoms with Crippen LogP contribution in [-0.2, 0) is 82.1 Å². The number of para-hydroxylation sites is 1. The molecule has 0 saturated carbocycles. The standard InChI is InChI=1S/C19H25N5OS.C16H22N2O2.C15H23N3.C10H8N2O2S.C9H10N2O.C8H18O2Si.C3H4N2S.4ClH.Ti/c1-18(2,12-21-16(25)23-17-20-8-9-26-17)19(3,4)14-6-7-15-13(10-14)11-22-24(15)5;1-15(2,16(3,4)14(19)20-6)12-7-8-13-11(9-12)10-17-18(13)5;1-14(2,10-16)15(3,4)12-6-7-13-11(8-12)9-17-18(13)5;13-10(12-9-11-6-7-15-9)14-8-4-2-1-3-5-8;1-11-9-3-2-7(6-12)4-8(9)5-10-11;1-7(2)8(9-3)10-11(4,5)6;4-3-5-1-2-6-3;;;;;/h6-11H,12H2,1-5H3,(H2,20,21,23,25);7-10H,1-6H3;6-9H,10,16H2,1-5H3;1-7H,(H,11,12,13);2-5,12H,6H2,1H3;1-6H3;1-2H,(H2,4,5);4*1H;/q;;;;;;;;;;;+4/p-4. The molecule has 0 aliphatic carbocycles. The predicted molar refractivity (Wildman–Crippen MR) is 467 cm³/mol. The minimum absolute atomic E-state index is 0.0335. The van der Waals surface area contributed by atoms with Crippen molar-refractivity contribution >= 4 is 157 Å². The van der Waals surface area contributed by atoms with Crippen molar-refractivity contribution in [1.29, 1.82) is 0 Å². The van der Waals surface area contributed by atoms with Gasteiger partial charge in [0.15, 0.2) is 15.4 Å². The van der Waals surface area contributed by atoms with Crippen LogP contribution in [0.15, 0.2) is 174 Å². The zero-order valence-electron chi connectivity index (χ0n) is 68.8. The van der Waals surface area contributed by atoms with Gasteiger partial charge in [0.2, 0.25) is 8.32 Å². The number of benzene rings is 5.